The van der Waals surface area contributed by atoms with E-state index >= 15 is 0 Å². The lowest BCUT2D eigenvalue weighted by atomic mass is 10.1. The summed E-state index contributed by atoms with van der Waals surface area (Å²) >= 11 is 1.30. The number of aromatic nitrogens is 4. The van der Waals surface area contributed by atoms with Crippen molar-refractivity contribution >= 4 is 17.5 Å². The molecule has 0 amide bonds. The first kappa shape index (κ1) is 20.1. The average molecular weight is 414 g/mol. The van der Waals surface area contributed by atoms with E-state index in [9.17, 15) is 22.4 Å². The largest absolute Gasteiger partial charge is 0.397 e. The van der Waals surface area contributed by atoms with Gasteiger partial charge in [0.05, 0.1) is 23.3 Å². The van der Waals surface area contributed by atoms with Gasteiger partial charge >= 0.3 is 6.18 Å². The molecule has 3 rings (SSSR count). The number of ketones is 1. The highest BCUT2D eigenvalue weighted by molar-refractivity contribution is 7.99. The highest BCUT2D eigenvalue weighted by Gasteiger charge is 2.31. The van der Waals surface area contributed by atoms with Crippen molar-refractivity contribution in [3.8, 4) is 11.4 Å². The molecule has 0 bridgehead atoms. The van der Waals surface area contributed by atoms with Gasteiger partial charge in [-0.2, -0.15) is 18.2 Å². The van der Waals surface area contributed by atoms with Crippen LogP contribution < -0.4 is 0 Å². The van der Waals surface area contributed by atoms with Crippen molar-refractivity contribution in [2.45, 2.75) is 18.3 Å². The van der Waals surface area contributed by atoms with E-state index in [2.05, 4.69) is 19.6 Å². The van der Waals surface area contributed by atoms with Crippen molar-refractivity contribution in [3.05, 3.63) is 53.7 Å². The summed E-state index contributed by atoms with van der Waals surface area (Å²) in [5.74, 6) is -1.43. The summed E-state index contributed by atoms with van der Waals surface area (Å²) < 4.78 is 57.6. The molecule has 2 aromatic heterocycles. The Balaban J connectivity index is 1.64. The van der Waals surface area contributed by atoms with Gasteiger partial charge in [0.25, 0.3) is 0 Å². The first-order valence-electron chi connectivity index (χ1n) is 7.98. The van der Waals surface area contributed by atoms with Crippen molar-refractivity contribution < 1.29 is 26.9 Å². The van der Waals surface area contributed by atoms with Crippen LogP contribution in [-0.2, 0) is 19.2 Å². The normalized spacial score (nSPS) is 11.8. The number of Topliss-reactive ketones (excluding diaryl/α,β-unsaturated/α-hetero) is 1. The summed E-state index contributed by atoms with van der Waals surface area (Å²) in [4.78, 5) is 19.9. The van der Waals surface area contributed by atoms with E-state index in [4.69, 9.17) is 0 Å². The van der Waals surface area contributed by atoms with Gasteiger partial charge in [0.1, 0.15) is 12.2 Å². The molecule has 0 saturated heterocycles. The number of rotatable bonds is 7. The minimum atomic E-state index is -4.49. The van der Waals surface area contributed by atoms with Gasteiger partial charge in [-0.3, -0.25) is 4.79 Å². The Kier molecular flexibility index (Phi) is 5.82. The van der Waals surface area contributed by atoms with E-state index < -0.39 is 30.1 Å². The van der Waals surface area contributed by atoms with Gasteiger partial charge < -0.3 is 9.09 Å². The maximum atomic E-state index is 14.3. The van der Waals surface area contributed by atoms with Crippen LogP contribution in [0.5, 0.6) is 0 Å². The summed E-state index contributed by atoms with van der Waals surface area (Å²) in [6.07, 6.45) is -2.39. The number of carbonyl (C=O) groups is 1. The summed E-state index contributed by atoms with van der Waals surface area (Å²) in [6.45, 7) is 0. The van der Waals surface area contributed by atoms with Crippen LogP contribution in [0.3, 0.4) is 0 Å². The molecule has 0 aliphatic carbocycles. The molecule has 0 spiro atoms. The Hall–Kier alpha value is -2.69. The number of benzene rings is 1. The zero-order chi connectivity index (χ0) is 20.3. The first-order chi connectivity index (χ1) is 13.2. The quantitative estimate of drug-likeness (QED) is 0.432. The van der Waals surface area contributed by atoms with Gasteiger partial charge in [-0.25, -0.2) is 9.37 Å². The van der Waals surface area contributed by atoms with E-state index in [0.29, 0.717) is 5.75 Å². The second kappa shape index (κ2) is 8.13. The number of hydrogen-bond donors (Lipinski definition) is 0. The van der Waals surface area contributed by atoms with Crippen LogP contribution in [0.2, 0.25) is 0 Å². The molecular formula is C17H14F4N4O2S. The zero-order valence-electron chi connectivity index (χ0n) is 14.5. The molecule has 0 fully saturated rings. The molecule has 0 atom stereocenters. The number of hydrogen-bond acceptors (Lipinski definition) is 6. The molecule has 0 N–H and O–H groups in total. The Morgan fingerprint density at radius 3 is 2.75 bits per heavy atom. The molecule has 0 saturated carbocycles. The smallest absolute Gasteiger partial charge is 0.340 e. The minimum absolute atomic E-state index is 0.0603. The van der Waals surface area contributed by atoms with Crippen LogP contribution in [0.15, 0.2) is 35.2 Å². The Morgan fingerprint density at radius 1 is 1.32 bits per heavy atom. The van der Waals surface area contributed by atoms with Crippen molar-refractivity contribution in [2.24, 2.45) is 7.05 Å². The molecule has 0 aliphatic rings. The third-order valence-corrected chi connectivity index (χ3v) is 4.56. The average Bonchev–Trinajstić information content (AvgIpc) is 3.22. The van der Waals surface area contributed by atoms with Crippen molar-refractivity contribution in [1.82, 2.24) is 19.7 Å². The van der Waals surface area contributed by atoms with E-state index in [-0.39, 0.29) is 22.7 Å². The molecule has 1 aromatic carbocycles. The third-order valence-electron chi connectivity index (χ3n) is 3.59. The third kappa shape index (κ3) is 5.18. The van der Waals surface area contributed by atoms with E-state index in [0.717, 1.165) is 11.8 Å². The van der Waals surface area contributed by atoms with Gasteiger partial charge in [0.2, 0.25) is 11.7 Å². The number of nitrogens with zero attached hydrogens (tertiary/aromatic N) is 4. The minimum Gasteiger partial charge on any atom is -0.340 e. The lowest BCUT2D eigenvalue weighted by Gasteiger charge is -2.04. The van der Waals surface area contributed by atoms with E-state index in [1.807, 2.05) is 13.2 Å². The molecule has 0 aliphatic heterocycles. The van der Waals surface area contributed by atoms with Crippen LogP contribution in [0, 0.1) is 5.82 Å². The van der Waals surface area contributed by atoms with Gasteiger partial charge in [-0.05, 0) is 12.1 Å². The number of thioether (sulfide) groups is 1. The molecule has 6 nitrogen and oxygen atoms in total. The molecule has 0 radical (unpaired) electrons. The molecule has 11 heteroatoms. The van der Waals surface area contributed by atoms with Gasteiger partial charge in [-0.1, -0.05) is 11.2 Å². The second-order valence-electron chi connectivity index (χ2n) is 5.94. The second-order valence-corrected chi connectivity index (χ2v) is 6.93. The number of aryl methyl sites for hydroxylation is 1. The predicted molar refractivity (Wildman–Crippen MR) is 93.2 cm³/mol. The molecule has 148 valence electrons. The zero-order valence-corrected chi connectivity index (χ0v) is 15.4. The summed E-state index contributed by atoms with van der Waals surface area (Å²) in [6, 6.07) is 3.62. The number of imidazole rings is 1. The van der Waals surface area contributed by atoms with Crippen molar-refractivity contribution in [3.63, 3.8) is 0 Å². The Morgan fingerprint density at radius 2 is 2.11 bits per heavy atom. The molecule has 0 unspecified atom stereocenters. The highest BCUT2D eigenvalue weighted by Crippen LogP contribution is 2.24. The fourth-order valence-corrected chi connectivity index (χ4v) is 3.16. The Labute approximate surface area is 161 Å². The lowest BCUT2D eigenvalue weighted by Crippen LogP contribution is -2.11. The summed E-state index contributed by atoms with van der Waals surface area (Å²) in [7, 11) is 1.83. The number of halogens is 4. The van der Waals surface area contributed by atoms with E-state index in [1.54, 1.807) is 10.9 Å². The topological polar surface area (TPSA) is 73.8 Å². The monoisotopic (exact) mass is 414 g/mol. The van der Waals surface area contributed by atoms with Crippen LogP contribution in [0.25, 0.3) is 11.4 Å². The van der Waals surface area contributed by atoms with Crippen molar-refractivity contribution in [2.75, 3.05) is 5.75 Å². The van der Waals surface area contributed by atoms with Gasteiger partial charge in [-0.15, -0.1) is 11.8 Å². The van der Waals surface area contributed by atoms with Crippen LogP contribution in [0.1, 0.15) is 21.9 Å². The van der Waals surface area contributed by atoms with Crippen molar-refractivity contribution in [1.29, 1.82) is 0 Å². The number of alkyl halides is 3. The SMILES string of the molecule is Cn1cnc(CSCC(=O)c2ccc(-c3noc(CC(F)(F)F)n3)cc2F)c1. The molecule has 28 heavy (non-hydrogen) atoms. The fourth-order valence-electron chi connectivity index (χ4n) is 2.36. The van der Waals surface area contributed by atoms with Crippen LogP contribution in [0.4, 0.5) is 17.6 Å². The molecular weight excluding hydrogens is 400 g/mol. The van der Waals surface area contributed by atoms with Crippen LogP contribution >= 0.6 is 11.8 Å². The van der Waals surface area contributed by atoms with E-state index in [1.165, 1.54) is 23.9 Å². The summed E-state index contributed by atoms with van der Waals surface area (Å²) in [5.41, 5.74) is 0.812. The Bertz CT molecular complexity index is 984. The first-order valence-corrected chi connectivity index (χ1v) is 9.14. The van der Waals surface area contributed by atoms with Crippen LogP contribution in [-0.4, -0.2) is 37.4 Å². The standard InChI is InChI=1S/C17H14F4N4O2S/c1-25-6-11(22-9-25)7-28-8-14(26)12-3-2-10(4-13(12)18)16-23-15(27-24-16)5-17(19,20)21/h2-4,6,9H,5,7-8H2,1H3. The highest BCUT2D eigenvalue weighted by atomic mass is 32.2. The predicted octanol–water partition coefficient (Wildman–Crippen LogP) is 3.83. The fraction of sp³-hybridized carbons (Fsp3) is 0.294. The summed E-state index contributed by atoms with van der Waals surface area (Å²) in [5, 5.41) is 3.42. The maximum absolute atomic E-state index is 14.3. The lowest BCUT2D eigenvalue weighted by molar-refractivity contribution is -0.131. The molecule has 3 aromatic rings. The van der Waals surface area contributed by atoms with Gasteiger partial charge in [0, 0.05) is 24.6 Å². The maximum Gasteiger partial charge on any atom is 0.397 e. The number of carbonyl (C=O) groups excluding carboxylic acids is 1. The molecule has 2 heterocycles. The van der Waals surface area contributed by atoms with Gasteiger partial charge in [0.15, 0.2) is 5.78 Å².